The summed E-state index contributed by atoms with van der Waals surface area (Å²) in [7, 11) is 1.63. The maximum absolute atomic E-state index is 13.6. The van der Waals surface area contributed by atoms with E-state index in [1.54, 1.807) is 13.3 Å². The van der Waals surface area contributed by atoms with Gasteiger partial charge in [0.1, 0.15) is 11.4 Å². The molecule has 4 heterocycles. The lowest BCUT2D eigenvalue weighted by molar-refractivity contribution is 0.413. The number of aromatic nitrogens is 4. The van der Waals surface area contributed by atoms with Crippen molar-refractivity contribution in [3.8, 4) is 38.7 Å². The number of H-pyrrole nitrogens is 2. The van der Waals surface area contributed by atoms with Crippen LogP contribution in [0.25, 0.3) is 54.8 Å². The van der Waals surface area contributed by atoms with Crippen LogP contribution < -0.4 is 4.74 Å². The molecule has 0 unspecified atom stereocenters. The summed E-state index contributed by atoms with van der Waals surface area (Å²) in [6.45, 7) is 0. The highest BCUT2D eigenvalue weighted by Gasteiger charge is 2.15. The van der Waals surface area contributed by atoms with E-state index in [0.717, 1.165) is 66.1 Å². The zero-order valence-electron chi connectivity index (χ0n) is 17.0. The van der Waals surface area contributed by atoms with Gasteiger partial charge in [-0.3, -0.25) is 10.1 Å². The van der Waals surface area contributed by atoms with Crippen molar-refractivity contribution in [1.82, 2.24) is 20.2 Å². The molecule has 0 bridgehead atoms. The summed E-state index contributed by atoms with van der Waals surface area (Å²) in [5.41, 5.74) is 6.65. The van der Waals surface area contributed by atoms with E-state index in [-0.39, 0.29) is 5.13 Å². The minimum atomic E-state index is -0.189. The Hall–Kier alpha value is -3.97. The predicted molar refractivity (Wildman–Crippen MR) is 126 cm³/mol. The molecule has 0 saturated heterocycles. The number of benzene rings is 2. The Kier molecular flexibility index (Phi) is 4.29. The second-order valence-corrected chi connectivity index (χ2v) is 8.53. The highest BCUT2D eigenvalue weighted by molar-refractivity contribution is 7.14. The first-order valence-electron chi connectivity index (χ1n) is 10.0. The average Bonchev–Trinajstić information content (AvgIpc) is 3.55. The number of rotatable bonds is 4. The van der Waals surface area contributed by atoms with Gasteiger partial charge in [-0.2, -0.15) is 9.49 Å². The molecule has 7 heteroatoms. The number of hydrogen-bond donors (Lipinski definition) is 2. The molecular weight excluding hydrogens is 423 g/mol. The normalized spacial score (nSPS) is 11.4. The number of pyridine rings is 1. The van der Waals surface area contributed by atoms with Crippen LogP contribution in [0.5, 0.6) is 5.75 Å². The number of nitrogens with one attached hydrogen (secondary N) is 2. The van der Waals surface area contributed by atoms with Gasteiger partial charge in [0.15, 0.2) is 5.13 Å². The summed E-state index contributed by atoms with van der Waals surface area (Å²) in [5.74, 6) is 0.711. The summed E-state index contributed by atoms with van der Waals surface area (Å²) >= 11 is 1.15. The van der Waals surface area contributed by atoms with Crippen molar-refractivity contribution in [2.75, 3.05) is 7.11 Å². The van der Waals surface area contributed by atoms with Crippen LogP contribution in [0.1, 0.15) is 0 Å². The quantitative estimate of drug-likeness (QED) is 0.322. The summed E-state index contributed by atoms with van der Waals surface area (Å²) < 4.78 is 18.9. The standard InChI is InChI=1S/C25H17FN4OS/c1-31-16-9-15(12-27-13-16)14-5-6-21-19(10-14)25(30-29-21)22-11-18-17(3-2-4-20(18)28-22)23-7-8-24(26)32-23/h2-13,28H,1H3,(H,29,30). The van der Waals surface area contributed by atoms with E-state index in [1.807, 2.05) is 48.7 Å². The molecule has 5 nitrogen and oxygen atoms in total. The van der Waals surface area contributed by atoms with E-state index in [2.05, 4.69) is 32.3 Å². The number of aromatic amines is 2. The Labute approximate surface area is 186 Å². The molecular formula is C25H17FN4OS. The lowest BCUT2D eigenvalue weighted by atomic mass is 10.0. The van der Waals surface area contributed by atoms with Gasteiger partial charge in [-0.05, 0) is 48.0 Å². The number of methoxy groups -OCH3 is 1. The molecule has 0 radical (unpaired) electrons. The first-order valence-corrected chi connectivity index (χ1v) is 10.9. The Morgan fingerprint density at radius 3 is 2.69 bits per heavy atom. The van der Waals surface area contributed by atoms with E-state index in [9.17, 15) is 4.39 Å². The second-order valence-electron chi connectivity index (χ2n) is 7.50. The maximum Gasteiger partial charge on any atom is 0.176 e. The van der Waals surface area contributed by atoms with Gasteiger partial charge in [-0.15, -0.1) is 11.3 Å². The summed E-state index contributed by atoms with van der Waals surface area (Å²) in [4.78, 5) is 8.65. The SMILES string of the molecule is COc1cncc(-c2ccc3[nH]nc(-c4cc5c(-c6ccc(F)s6)cccc5[nH]4)c3c2)c1. The van der Waals surface area contributed by atoms with E-state index >= 15 is 0 Å². The average molecular weight is 441 g/mol. The van der Waals surface area contributed by atoms with Crippen molar-refractivity contribution < 1.29 is 9.13 Å². The first-order chi connectivity index (χ1) is 15.7. The fourth-order valence-electron chi connectivity index (χ4n) is 4.04. The largest absolute Gasteiger partial charge is 0.495 e. The van der Waals surface area contributed by atoms with Crippen molar-refractivity contribution in [1.29, 1.82) is 0 Å². The summed E-state index contributed by atoms with van der Waals surface area (Å²) in [6.07, 6.45) is 3.51. The predicted octanol–water partition coefficient (Wildman–Crippen LogP) is 6.65. The van der Waals surface area contributed by atoms with Gasteiger partial charge in [0, 0.05) is 38.5 Å². The van der Waals surface area contributed by atoms with Gasteiger partial charge < -0.3 is 9.72 Å². The van der Waals surface area contributed by atoms with Gasteiger partial charge in [-0.1, -0.05) is 18.2 Å². The van der Waals surface area contributed by atoms with Crippen molar-refractivity contribution in [2.45, 2.75) is 0 Å². The van der Waals surface area contributed by atoms with E-state index in [0.29, 0.717) is 5.75 Å². The zero-order chi connectivity index (χ0) is 21.7. The Balaban J connectivity index is 1.49. The van der Waals surface area contributed by atoms with Crippen LogP contribution >= 0.6 is 11.3 Å². The Morgan fingerprint density at radius 1 is 0.906 bits per heavy atom. The number of thiophene rings is 1. The third kappa shape index (κ3) is 3.06. The molecule has 4 aromatic heterocycles. The molecule has 6 aromatic rings. The Morgan fingerprint density at radius 2 is 1.84 bits per heavy atom. The van der Waals surface area contributed by atoms with Crippen molar-refractivity contribution in [2.24, 2.45) is 0 Å². The lowest BCUT2D eigenvalue weighted by Gasteiger charge is -2.04. The van der Waals surface area contributed by atoms with Gasteiger partial charge in [0.05, 0.1) is 24.5 Å². The summed E-state index contributed by atoms with van der Waals surface area (Å²) in [5, 5.41) is 9.55. The molecule has 0 fully saturated rings. The molecule has 156 valence electrons. The topological polar surface area (TPSA) is 66.6 Å². The third-order valence-electron chi connectivity index (χ3n) is 5.60. The number of fused-ring (bicyclic) bond motifs is 2. The fourth-order valence-corrected chi connectivity index (χ4v) is 4.81. The van der Waals surface area contributed by atoms with Crippen molar-refractivity contribution in [3.05, 3.63) is 78.2 Å². The van der Waals surface area contributed by atoms with Crippen molar-refractivity contribution >= 4 is 33.1 Å². The molecule has 2 aromatic carbocycles. The minimum absolute atomic E-state index is 0.189. The Bertz CT molecular complexity index is 1600. The molecule has 6 rings (SSSR count). The molecule has 0 saturated carbocycles. The van der Waals surface area contributed by atoms with Gasteiger partial charge in [-0.25, -0.2) is 0 Å². The molecule has 0 amide bonds. The smallest absolute Gasteiger partial charge is 0.176 e. The first kappa shape index (κ1) is 18.8. The summed E-state index contributed by atoms with van der Waals surface area (Å²) in [6, 6.07) is 19.5. The monoisotopic (exact) mass is 440 g/mol. The number of ether oxygens (including phenoxy) is 1. The molecule has 0 aliphatic carbocycles. The molecule has 0 atom stereocenters. The van der Waals surface area contributed by atoms with Crippen LogP contribution in [0.3, 0.4) is 0 Å². The fraction of sp³-hybridized carbons (Fsp3) is 0.0400. The van der Waals surface area contributed by atoms with Crippen LogP contribution in [0.4, 0.5) is 4.39 Å². The van der Waals surface area contributed by atoms with Gasteiger partial charge in [0.25, 0.3) is 0 Å². The van der Waals surface area contributed by atoms with Crippen LogP contribution in [0, 0.1) is 5.13 Å². The second kappa shape index (κ2) is 7.32. The number of hydrogen-bond acceptors (Lipinski definition) is 4. The van der Waals surface area contributed by atoms with Crippen LogP contribution in [0.15, 0.2) is 73.1 Å². The highest BCUT2D eigenvalue weighted by Crippen LogP contribution is 2.37. The third-order valence-corrected chi connectivity index (χ3v) is 6.51. The van der Waals surface area contributed by atoms with E-state index in [1.165, 1.54) is 6.07 Å². The zero-order valence-corrected chi connectivity index (χ0v) is 17.8. The lowest BCUT2D eigenvalue weighted by Crippen LogP contribution is -1.86. The highest BCUT2D eigenvalue weighted by atomic mass is 32.1. The van der Waals surface area contributed by atoms with Gasteiger partial charge >= 0.3 is 0 Å². The van der Waals surface area contributed by atoms with Crippen LogP contribution in [-0.2, 0) is 0 Å². The minimum Gasteiger partial charge on any atom is -0.495 e. The van der Waals surface area contributed by atoms with Crippen LogP contribution in [0.2, 0.25) is 0 Å². The van der Waals surface area contributed by atoms with Crippen LogP contribution in [-0.4, -0.2) is 27.3 Å². The number of nitrogens with zero attached hydrogens (tertiary/aromatic N) is 2. The van der Waals surface area contributed by atoms with E-state index in [4.69, 9.17) is 4.74 Å². The van der Waals surface area contributed by atoms with Gasteiger partial charge in [0.2, 0.25) is 0 Å². The van der Waals surface area contributed by atoms with E-state index < -0.39 is 0 Å². The molecule has 0 spiro atoms. The van der Waals surface area contributed by atoms with Crippen molar-refractivity contribution in [3.63, 3.8) is 0 Å². The molecule has 0 aliphatic rings. The molecule has 2 N–H and O–H groups in total. The maximum atomic E-state index is 13.6. The number of halogens is 1. The molecule has 0 aliphatic heterocycles. The molecule has 32 heavy (non-hydrogen) atoms.